The largest absolute Gasteiger partial charge is 0.339 e. The molecule has 1 fully saturated rings. The second-order valence-corrected chi connectivity index (χ2v) is 8.94. The minimum atomic E-state index is -0.0632. The molecule has 4 rings (SSSR count). The normalized spacial score (nSPS) is 14.1. The van der Waals surface area contributed by atoms with Crippen LogP contribution in [0.25, 0.3) is 22.0 Å². The molecule has 0 N–H and O–H groups in total. The average molecular weight is 519 g/mol. The summed E-state index contributed by atoms with van der Waals surface area (Å²) in [5.41, 5.74) is 3.03. The van der Waals surface area contributed by atoms with Gasteiger partial charge in [0.1, 0.15) is 0 Å². The predicted octanol–water partition coefficient (Wildman–Crippen LogP) is 5.17. The van der Waals surface area contributed by atoms with Gasteiger partial charge in [0, 0.05) is 51.2 Å². The Bertz CT molecular complexity index is 1120. The van der Waals surface area contributed by atoms with E-state index in [1.807, 2.05) is 35.0 Å². The van der Waals surface area contributed by atoms with Crippen LogP contribution in [0.15, 0.2) is 61.3 Å². The van der Waals surface area contributed by atoms with Gasteiger partial charge in [-0.3, -0.25) is 9.59 Å². The monoisotopic (exact) mass is 518 g/mol. The number of ketones is 1. The lowest BCUT2D eigenvalue weighted by molar-refractivity contribution is -0.134. The first-order chi connectivity index (χ1) is 14.0. The minimum Gasteiger partial charge on any atom is -0.339 e. The lowest BCUT2D eigenvalue weighted by Crippen LogP contribution is -2.50. The lowest BCUT2D eigenvalue weighted by atomic mass is 9.94. The smallest absolute Gasteiger partial charge is 0.245 e. The molecule has 0 saturated carbocycles. The van der Waals surface area contributed by atoms with E-state index in [0.717, 1.165) is 25.6 Å². The highest BCUT2D eigenvalue weighted by Crippen LogP contribution is 2.32. The number of benzene rings is 2. The molecule has 2 heterocycles. The van der Waals surface area contributed by atoms with E-state index >= 15 is 0 Å². The number of hydrogen-bond acceptors (Lipinski definition) is 2. The molecule has 148 valence electrons. The zero-order chi connectivity index (χ0) is 20.5. The van der Waals surface area contributed by atoms with Crippen molar-refractivity contribution < 1.29 is 9.59 Å². The van der Waals surface area contributed by atoms with E-state index in [4.69, 9.17) is 11.6 Å². The van der Waals surface area contributed by atoms with Crippen molar-refractivity contribution in [1.29, 1.82) is 0 Å². The summed E-state index contributed by atoms with van der Waals surface area (Å²) in [5.74, 6) is 0.356. The van der Waals surface area contributed by atoms with Gasteiger partial charge in [-0.05, 0) is 46.4 Å². The predicted molar refractivity (Wildman–Crippen MR) is 125 cm³/mol. The Balaban J connectivity index is 1.52. The van der Waals surface area contributed by atoms with Crippen molar-refractivity contribution in [3.63, 3.8) is 0 Å². The van der Waals surface area contributed by atoms with Crippen LogP contribution in [-0.4, -0.2) is 34.2 Å². The molecule has 1 aliphatic rings. The molecule has 0 bridgehead atoms. The summed E-state index contributed by atoms with van der Waals surface area (Å²) in [5, 5.41) is 1.83. The molecule has 1 aromatic heterocycles. The molecule has 2 aromatic carbocycles. The van der Waals surface area contributed by atoms with Crippen LogP contribution in [0.1, 0.15) is 6.42 Å². The van der Waals surface area contributed by atoms with E-state index in [1.165, 1.54) is 6.08 Å². The highest BCUT2D eigenvalue weighted by molar-refractivity contribution is 14.1. The molecule has 3 aromatic rings. The fourth-order valence-corrected chi connectivity index (χ4v) is 4.86. The second kappa shape index (κ2) is 8.32. The summed E-state index contributed by atoms with van der Waals surface area (Å²) in [6.07, 6.45) is 3.83. The lowest BCUT2D eigenvalue weighted by Gasteiger charge is -2.38. The number of Topliss-reactive ketones (excluding diaryl/α,β-unsaturated/α-hetero) is 1. The summed E-state index contributed by atoms with van der Waals surface area (Å²) < 4.78 is 3.13. The number of rotatable bonds is 6. The van der Waals surface area contributed by atoms with Crippen molar-refractivity contribution in [1.82, 2.24) is 9.47 Å². The Kier molecular flexibility index (Phi) is 5.79. The number of nitrogens with zero attached hydrogens (tertiary/aromatic N) is 2. The van der Waals surface area contributed by atoms with E-state index in [1.54, 1.807) is 4.90 Å². The third-order valence-corrected chi connectivity index (χ3v) is 6.51. The molecule has 0 atom stereocenters. The number of aromatic nitrogens is 1. The van der Waals surface area contributed by atoms with Gasteiger partial charge in [0.25, 0.3) is 0 Å². The summed E-state index contributed by atoms with van der Waals surface area (Å²) in [4.78, 5) is 25.9. The van der Waals surface area contributed by atoms with Crippen LogP contribution in [0.3, 0.4) is 0 Å². The van der Waals surface area contributed by atoms with E-state index in [0.29, 0.717) is 31.1 Å². The number of fused-ring (bicyclic) bond motifs is 1. The Morgan fingerprint density at radius 2 is 1.97 bits per heavy atom. The molecule has 6 heteroatoms. The molecule has 4 nitrogen and oxygen atoms in total. The van der Waals surface area contributed by atoms with Crippen LogP contribution >= 0.6 is 34.2 Å². The van der Waals surface area contributed by atoms with Gasteiger partial charge >= 0.3 is 0 Å². The molecule has 0 aliphatic carbocycles. The van der Waals surface area contributed by atoms with Crippen LogP contribution in [0.5, 0.6) is 0 Å². The van der Waals surface area contributed by atoms with Crippen LogP contribution in [-0.2, 0) is 16.1 Å². The number of hydrogen-bond donors (Lipinski definition) is 0. The minimum absolute atomic E-state index is 0.0632. The van der Waals surface area contributed by atoms with E-state index in [2.05, 4.69) is 47.4 Å². The van der Waals surface area contributed by atoms with Crippen molar-refractivity contribution in [3.05, 3.63) is 69.9 Å². The van der Waals surface area contributed by atoms with Crippen molar-refractivity contribution in [2.45, 2.75) is 13.0 Å². The van der Waals surface area contributed by atoms with E-state index in [-0.39, 0.29) is 17.6 Å². The molecule has 0 spiro atoms. The van der Waals surface area contributed by atoms with Crippen LogP contribution in [0, 0.1) is 9.49 Å². The Morgan fingerprint density at radius 3 is 2.69 bits per heavy atom. The number of carbonyl (C=O) groups excluding carboxylic acids is 2. The van der Waals surface area contributed by atoms with Gasteiger partial charge in [0.15, 0.2) is 5.78 Å². The van der Waals surface area contributed by atoms with Crippen LogP contribution < -0.4 is 0 Å². The fraction of sp³-hybridized carbons (Fsp3) is 0.217. The number of halogens is 2. The second-order valence-electron chi connectivity index (χ2n) is 7.37. The van der Waals surface area contributed by atoms with Crippen molar-refractivity contribution >= 4 is 56.8 Å². The maximum absolute atomic E-state index is 12.7. The SMILES string of the molecule is C=CC(=O)N1CC(CC(=O)Cn2cc(I)c3ccc(-c4ccccc4Cl)cc32)C1. The number of carbonyl (C=O) groups is 2. The maximum Gasteiger partial charge on any atom is 0.245 e. The first-order valence-corrected chi connectivity index (χ1v) is 10.9. The Morgan fingerprint density at radius 1 is 1.21 bits per heavy atom. The molecule has 0 unspecified atom stereocenters. The molecule has 0 radical (unpaired) electrons. The molecule has 1 aliphatic heterocycles. The number of amides is 1. The van der Waals surface area contributed by atoms with Crippen LogP contribution in [0.4, 0.5) is 0 Å². The van der Waals surface area contributed by atoms with Gasteiger partial charge in [-0.15, -0.1) is 0 Å². The topological polar surface area (TPSA) is 42.3 Å². The molecule has 1 saturated heterocycles. The zero-order valence-corrected chi connectivity index (χ0v) is 18.7. The van der Waals surface area contributed by atoms with Crippen LogP contribution in [0.2, 0.25) is 5.02 Å². The summed E-state index contributed by atoms with van der Waals surface area (Å²) in [6, 6.07) is 14.0. The zero-order valence-electron chi connectivity index (χ0n) is 15.8. The molecular weight excluding hydrogens is 499 g/mol. The first-order valence-electron chi connectivity index (χ1n) is 9.42. The van der Waals surface area contributed by atoms with Crippen molar-refractivity contribution in [3.8, 4) is 11.1 Å². The van der Waals surface area contributed by atoms with Gasteiger partial charge in [-0.1, -0.05) is 48.5 Å². The third kappa shape index (κ3) is 4.12. The quantitative estimate of drug-likeness (QED) is 0.334. The highest BCUT2D eigenvalue weighted by atomic mass is 127. The molecular formula is C23H20ClIN2O2. The van der Waals surface area contributed by atoms with Gasteiger partial charge in [-0.25, -0.2) is 0 Å². The molecule has 29 heavy (non-hydrogen) atoms. The first kappa shape index (κ1) is 20.2. The number of likely N-dealkylation sites (tertiary alicyclic amines) is 1. The Hall–Kier alpha value is -2.12. The van der Waals surface area contributed by atoms with Crippen molar-refractivity contribution in [2.24, 2.45) is 5.92 Å². The van der Waals surface area contributed by atoms with Gasteiger partial charge in [0.05, 0.1) is 12.1 Å². The van der Waals surface area contributed by atoms with E-state index < -0.39 is 0 Å². The van der Waals surface area contributed by atoms with E-state index in [9.17, 15) is 9.59 Å². The average Bonchev–Trinajstić information content (AvgIpc) is 2.99. The third-order valence-electron chi connectivity index (χ3n) is 5.33. The summed E-state index contributed by atoms with van der Waals surface area (Å²) in [7, 11) is 0. The van der Waals surface area contributed by atoms with Crippen molar-refractivity contribution in [2.75, 3.05) is 13.1 Å². The van der Waals surface area contributed by atoms with Gasteiger partial charge in [-0.2, -0.15) is 0 Å². The maximum atomic E-state index is 12.7. The van der Waals surface area contributed by atoms with Gasteiger partial charge < -0.3 is 9.47 Å². The highest BCUT2D eigenvalue weighted by Gasteiger charge is 2.30. The fourth-order valence-electron chi connectivity index (χ4n) is 3.83. The standard InChI is InChI=1S/C23H20ClIN2O2/c1-2-23(29)27-11-15(12-27)9-17(28)13-26-14-21(25)19-8-7-16(10-22(19)26)18-5-3-4-6-20(18)24/h2-8,10,14-15H,1,9,11-13H2. The molecule has 1 amide bonds. The summed E-state index contributed by atoms with van der Waals surface area (Å²) in [6.45, 7) is 5.10. The van der Waals surface area contributed by atoms with Gasteiger partial charge in [0.2, 0.25) is 5.91 Å². The Labute approximate surface area is 188 Å². The summed E-state index contributed by atoms with van der Waals surface area (Å²) >= 11 is 8.67.